The first-order valence-electron chi connectivity index (χ1n) is 4.84. The molecule has 0 aromatic rings. The summed E-state index contributed by atoms with van der Waals surface area (Å²) in [4.78, 5) is 2.93. The highest BCUT2D eigenvalue weighted by Gasteiger charge is 2.20. The fourth-order valence-electron chi connectivity index (χ4n) is 1.75. The van der Waals surface area contributed by atoms with Crippen LogP contribution in [0.1, 0.15) is 19.8 Å². The van der Waals surface area contributed by atoms with Gasteiger partial charge in [-0.3, -0.25) is 4.90 Å². The number of nitrogens with two attached hydrogens (primary N) is 1. The zero-order valence-electron chi connectivity index (χ0n) is 8.16. The second kappa shape index (κ2) is 5.52. The summed E-state index contributed by atoms with van der Waals surface area (Å²) in [6, 6.07) is 0.611. The molecule has 0 atom stereocenters. The van der Waals surface area contributed by atoms with Gasteiger partial charge in [-0.2, -0.15) is 0 Å². The number of hydrogen-bond acceptors (Lipinski definition) is 3. The molecule has 0 bridgehead atoms. The highest BCUT2D eigenvalue weighted by molar-refractivity contribution is 7.80. The molecule has 0 aromatic carbocycles. The van der Waals surface area contributed by atoms with Gasteiger partial charge in [0.1, 0.15) is 0 Å². The van der Waals surface area contributed by atoms with E-state index < -0.39 is 0 Å². The second-order valence-corrected chi connectivity index (χ2v) is 3.90. The van der Waals surface area contributed by atoms with Gasteiger partial charge in [-0.05, 0) is 19.4 Å². The normalized spacial score (nSPS) is 19.2. The molecule has 1 aliphatic rings. The SMILES string of the molecule is CCN(CC(N)=S)C1CCOCC1. The van der Waals surface area contributed by atoms with E-state index in [1.807, 2.05) is 0 Å². The highest BCUT2D eigenvalue weighted by Crippen LogP contribution is 2.13. The van der Waals surface area contributed by atoms with E-state index in [4.69, 9.17) is 22.7 Å². The van der Waals surface area contributed by atoms with Crippen LogP contribution in [0.25, 0.3) is 0 Å². The van der Waals surface area contributed by atoms with Crippen LogP contribution in [0.5, 0.6) is 0 Å². The first-order chi connectivity index (χ1) is 6.24. The van der Waals surface area contributed by atoms with E-state index in [-0.39, 0.29) is 0 Å². The van der Waals surface area contributed by atoms with Gasteiger partial charge in [0.15, 0.2) is 0 Å². The standard InChI is InChI=1S/C9H18N2OS/c1-2-11(7-9(10)13)8-3-5-12-6-4-8/h8H,2-7H2,1H3,(H2,10,13). The molecule has 76 valence electrons. The maximum absolute atomic E-state index is 5.53. The van der Waals surface area contributed by atoms with E-state index >= 15 is 0 Å². The fourth-order valence-corrected chi connectivity index (χ4v) is 1.92. The Morgan fingerprint density at radius 3 is 2.62 bits per heavy atom. The van der Waals surface area contributed by atoms with E-state index in [1.54, 1.807) is 0 Å². The molecule has 1 aliphatic heterocycles. The lowest BCUT2D eigenvalue weighted by molar-refractivity contribution is 0.0413. The van der Waals surface area contributed by atoms with Crippen LogP contribution in [0.4, 0.5) is 0 Å². The van der Waals surface area contributed by atoms with Gasteiger partial charge in [-0.1, -0.05) is 19.1 Å². The quantitative estimate of drug-likeness (QED) is 0.684. The Morgan fingerprint density at radius 1 is 1.54 bits per heavy atom. The van der Waals surface area contributed by atoms with E-state index in [1.165, 1.54) is 0 Å². The van der Waals surface area contributed by atoms with Crippen molar-refractivity contribution in [2.45, 2.75) is 25.8 Å². The topological polar surface area (TPSA) is 38.5 Å². The number of likely N-dealkylation sites (N-methyl/N-ethyl adjacent to an activating group) is 1. The summed E-state index contributed by atoms with van der Waals surface area (Å²) < 4.78 is 5.31. The third kappa shape index (κ3) is 3.58. The molecule has 0 aliphatic carbocycles. The molecular formula is C9H18N2OS. The summed E-state index contributed by atoms with van der Waals surface area (Å²) in [5.41, 5.74) is 5.53. The Hall–Kier alpha value is -0.190. The zero-order chi connectivity index (χ0) is 9.68. The highest BCUT2D eigenvalue weighted by atomic mass is 32.1. The fraction of sp³-hybridized carbons (Fsp3) is 0.889. The third-order valence-electron chi connectivity index (χ3n) is 2.47. The molecule has 1 fully saturated rings. The van der Waals surface area contributed by atoms with Gasteiger partial charge in [0.05, 0.1) is 4.99 Å². The van der Waals surface area contributed by atoms with E-state index in [9.17, 15) is 0 Å². The number of hydrogen-bond donors (Lipinski definition) is 1. The molecule has 1 saturated heterocycles. The van der Waals surface area contributed by atoms with Gasteiger partial charge in [0, 0.05) is 25.8 Å². The van der Waals surface area contributed by atoms with E-state index in [0.717, 1.165) is 39.1 Å². The van der Waals surface area contributed by atoms with Gasteiger partial charge < -0.3 is 10.5 Å². The van der Waals surface area contributed by atoms with Gasteiger partial charge in [-0.25, -0.2) is 0 Å². The second-order valence-electron chi connectivity index (χ2n) is 3.37. The number of thiocarbonyl (C=S) groups is 1. The van der Waals surface area contributed by atoms with Crippen LogP contribution < -0.4 is 5.73 Å². The first kappa shape index (κ1) is 10.9. The maximum atomic E-state index is 5.53. The van der Waals surface area contributed by atoms with Crippen LogP contribution >= 0.6 is 12.2 Å². The Kier molecular flexibility index (Phi) is 4.62. The minimum Gasteiger partial charge on any atom is -0.392 e. The van der Waals surface area contributed by atoms with Crippen molar-refractivity contribution in [2.75, 3.05) is 26.3 Å². The lowest BCUT2D eigenvalue weighted by atomic mass is 10.1. The summed E-state index contributed by atoms with van der Waals surface area (Å²) in [5.74, 6) is 0. The van der Waals surface area contributed by atoms with Crippen LogP contribution in [0.2, 0.25) is 0 Å². The molecule has 2 N–H and O–H groups in total. The van der Waals surface area contributed by atoms with Crippen molar-refractivity contribution < 1.29 is 4.74 Å². The van der Waals surface area contributed by atoms with Gasteiger partial charge >= 0.3 is 0 Å². The zero-order valence-corrected chi connectivity index (χ0v) is 8.98. The van der Waals surface area contributed by atoms with Crippen LogP contribution in [0.15, 0.2) is 0 Å². The molecule has 0 radical (unpaired) electrons. The van der Waals surface area contributed by atoms with E-state index in [2.05, 4.69) is 11.8 Å². The summed E-state index contributed by atoms with van der Waals surface area (Å²) in [5, 5.41) is 0. The molecular weight excluding hydrogens is 184 g/mol. The van der Waals surface area contributed by atoms with Gasteiger partial charge in [-0.15, -0.1) is 0 Å². The predicted octanol–water partition coefficient (Wildman–Crippen LogP) is 0.773. The number of nitrogens with zero attached hydrogens (tertiary/aromatic N) is 1. The van der Waals surface area contributed by atoms with Crippen LogP contribution in [-0.2, 0) is 4.74 Å². The molecule has 4 heteroatoms. The molecule has 1 heterocycles. The number of ether oxygens (including phenoxy) is 1. The summed E-state index contributed by atoms with van der Waals surface area (Å²) >= 11 is 4.91. The Labute approximate surface area is 85.2 Å². The minimum absolute atomic E-state index is 0.591. The van der Waals surface area contributed by atoms with Crippen LogP contribution in [0, 0.1) is 0 Å². The van der Waals surface area contributed by atoms with Crippen molar-refractivity contribution in [3.8, 4) is 0 Å². The Balaban J connectivity index is 2.39. The van der Waals surface area contributed by atoms with E-state index in [0.29, 0.717) is 11.0 Å². The molecule has 1 rings (SSSR count). The maximum Gasteiger partial charge on any atom is 0.0870 e. The smallest absolute Gasteiger partial charge is 0.0870 e. The van der Waals surface area contributed by atoms with Crippen molar-refractivity contribution in [3.05, 3.63) is 0 Å². The molecule has 3 nitrogen and oxygen atoms in total. The molecule has 0 saturated carbocycles. The van der Waals surface area contributed by atoms with Gasteiger partial charge in [0.25, 0.3) is 0 Å². The molecule has 0 unspecified atom stereocenters. The first-order valence-corrected chi connectivity index (χ1v) is 5.25. The lowest BCUT2D eigenvalue weighted by Gasteiger charge is -2.32. The van der Waals surface area contributed by atoms with Crippen LogP contribution in [0.3, 0.4) is 0 Å². The van der Waals surface area contributed by atoms with Crippen molar-refractivity contribution in [1.82, 2.24) is 4.90 Å². The molecule has 0 amide bonds. The monoisotopic (exact) mass is 202 g/mol. The van der Waals surface area contributed by atoms with Crippen molar-refractivity contribution in [2.24, 2.45) is 5.73 Å². The minimum atomic E-state index is 0.591. The average molecular weight is 202 g/mol. The lowest BCUT2D eigenvalue weighted by Crippen LogP contribution is -2.43. The van der Waals surface area contributed by atoms with Gasteiger partial charge in [0.2, 0.25) is 0 Å². The predicted molar refractivity (Wildman–Crippen MR) is 57.9 cm³/mol. The van der Waals surface area contributed by atoms with Crippen molar-refractivity contribution in [3.63, 3.8) is 0 Å². The van der Waals surface area contributed by atoms with Crippen molar-refractivity contribution in [1.29, 1.82) is 0 Å². The Morgan fingerprint density at radius 2 is 2.15 bits per heavy atom. The number of rotatable bonds is 4. The largest absolute Gasteiger partial charge is 0.392 e. The third-order valence-corrected chi connectivity index (χ3v) is 2.60. The summed E-state index contributed by atoms with van der Waals surface area (Å²) in [6.07, 6.45) is 2.22. The molecule has 0 spiro atoms. The summed E-state index contributed by atoms with van der Waals surface area (Å²) in [7, 11) is 0. The Bertz CT molecular complexity index is 169. The summed E-state index contributed by atoms with van der Waals surface area (Å²) in [6.45, 7) is 5.66. The molecule has 0 aromatic heterocycles. The average Bonchev–Trinajstić information content (AvgIpc) is 2.15. The molecule has 13 heavy (non-hydrogen) atoms. The van der Waals surface area contributed by atoms with Crippen LogP contribution in [-0.4, -0.2) is 42.2 Å². The van der Waals surface area contributed by atoms with Crippen molar-refractivity contribution >= 4 is 17.2 Å².